The van der Waals surface area contributed by atoms with Crippen LogP contribution in [0.15, 0.2) is 48.1 Å². The average Bonchev–Trinajstić information content (AvgIpc) is 2.39. The number of hydrogen-bond donors (Lipinski definition) is 2. The quantitative estimate of drug-likeness (QED) is 0.276. The molecule has 0 aliphatic heterocycles. The van der Waals surface area contributed by atoms with Gasteiger partial charge in [-0.3, -0.25) is 14.9 Å². The van der Waals surface area contributed by atoms with Crippen LogP contribution in [0.25, 0.3) is 5.76 Å². The van der Waals surface area contributed by atoms with Crippen LogP contribution in [0.5, 0.6) is 0 Å². The molecule has 0 saturated heterocycles. The zero-order valence-corrected chi connectivity index (χ0v) is 9.81. The second-order valence-electron chi connectivity index (χ2n) is 4.20. The maximum Gasteiger partial charge on any atom is 0.349 e. The number of carbonyl (C=O) groups excluding carboxylic acids is 1. The van der Waals surface area contributed by atoms with E-state index in [0.717, 1.165) is 12.2 Å². The van der Waals surface area contributed by atoms with Crippen molar-refractivity contribution in [2.75, 3.05) is 0 Å². The zero-order valence-electron chi connectivity index (χ0n) is 9.81. The Bertz CT molecular complexity index is 590. The van der Waals surface area contributed by atoms with Crippen LogP contribution < -0.4 is 0 Å². The average molecular weight is 261 g/mol. The Morgan fingerprint density at radius 3 is 2.47 bits per heavy atom. The number of aliphatic hydroxyl groups is 2. The van der Waals surface area contributed by atoms with E-state index in [1.807, 2.05) is 0 Å². The maximum atomic E-state index is 11.8. The molecule has 1 unspecified atom stereocenters. The normalized spacial score (nSPS) is 25.2. The van der Waals surface area contributed by atoms with Gasteiger partial charge < -0.3 is 10.2 Å². The minimum absolute atomic E-state index is 0.0438. The molecule has 0 bridgehead atoms. The summed E-state index contributed by atoms with van der Waals surface area (Å²) in [5.74, 6) is -0.935. The smallest absolute Gasteiger partial charge is 0.349 e. The molecule has 98 valence electrons. The summed E-state index contributed by atoms with van der Waals surface area (Å²) in [6.07, 6.45) is 1.29. The van der Waals surface area contributed by atoms with Gasteiger partial charge >= 0.3 is 5.72 Å². The van der Waals surface area contributed by atoms with E-state index in [-0.39, 0.29) is 11.3 Å². The second kappa shape index (κ2) is 4.66. The highest BCUT2D eigenvalue weighted by Gasteiger charge is 2.43. The Morgan fingerprint density at radius 1 is 1.32 bits per heavy atom. The van der Waals surface area contributed by atoms with Crippen LogP contribution in [-0.2, 0) is 4.79 Å². The molecule has 1 aromatic rings. The van der Waals surface area contributed by atoms with E-state index in [4.69, 9.17) is 0 Å². The first-order valence-corrected chi connectivity index (χ1v) is 5.52. The van der Waals surface area contributed by atoms with Crippen molar-refractivity contribution in [1.29, 1.82) is 0 Å². The molecule has 1 aromatic carbocycles. The van der Waals surface area contributed by atoms with E-state index in [2.05, 4.69) is 0 Å². The van der Waals surface area contributed by atoms with Gasteiger partial charge in [-0.2, -0.15) is 0 Å². The molecule has 6 heteroatoms. The van der Waals surface area contributed by atoms with Crippen LogP contribution in [0.4, 0.5) is 0 Å². The lowest BCUT2D eigenvalue weighted by molar-refractivity contribution is -0.606. The van der Waals surface area contributed by atoms with Crippen molar-refractivity contribution in [2.24, 2.45) is 0 Å². The third-order valence-electron chi connectivity index (χ3n) is 2.86. The molecule has 0 aromatic heterocycles. The molecular formula is C13H11NO5. The number of benzene rings is 1. The predicted octanol–water partition coefficient (Wildman–Crippen LogP) is 1.45. The van der Waals surface area contributed by atoms with Crippen molar-refractivity contribution < 1.29 is 19.9 Å². The van der Waals surface area contributed by atoms with Gasteiger partial charge in [0.2, 0.25) is 0 Å². The SMILES string of the molecule is O=C1CC(O)([N+](=O)[O-])C=CC1=C(O)c1ccccc1. The topological polar surface area (TPSA) is 101 Å². The lowest BCUT2D eigenvalue weighted by atomic mass is 9.92. The van der Waals surface area contributed by atoms with Crippen LogP contribution in [0.2, 0.25) is 0 Å². The third-order valence-corrected chi connectivity index (χ3v) is 2.86. The highest BCUT2D eigenvalue weighted by Crippen LogP contribution is 2.27. The summed E-state index contributed by atoms with van der Waals surface area (Å²) in [6.45, 7) is 0. The molecular weight excluding hydrogens is 250 g/mol. The highest BCUT2D eigenvalue weighted by atomic mass is 16.7. The minimum Gasteiger partial charge on any atom is -0.507 e. The number of hydrogen-bond acceptors (Lipinski definition) is 5. The molecule has 2 N–H and O–H groups in total. The van der Waals surface area contributed by atoms with Gasteiger partial charge in [-0.25, -0.2) is 0 Å². The highest BCUT2D eigenvalue weighted by molar-refractivity contribution is 6.05. The Hall–Kier alpha value is -2.47. The third kappa shape index (κ3) is 2.38. The van der Waals surface area contributed by atoms with E-state index < -0.39 is 22.9 Å². The van der Waals surface area contributed by atoms with Crippen LogP contribution in [0, 0.1) is 10.1 Å². The summed E-state index contributed by atoms with van der Waals surface area (Å²) in [7, 11) is 0. The van der Waals surface area contributed by atoms with Crippen molar-refractivity contribution in [3.05, 3.63) is 63.7 Å². The Labute approximate surface area is 108 Å². The van der Waals surface area contributed by atoms with Gasteiger partial charge in [0.15, 0.2) is 5.78 Å². The largest absolute Gasteiger partial charge is 0.507 e. The Balaban J connectivity index is 2.43. The molecule has 0 spiro atoms. The predicted molar refractivity (Wildman–Crippen MR) is 66.7 cm³/mol. The number of nitro groups is 1. The molecule has 2 rings (SSSR count). The Morgan fingerprint density at radius 2 is 1.95 bits per heavy atom. The number of carbonyl (C=O) groups is 1. The van der Waals surface area contributed by atoms with E-state index in [9.17, 15) is 25.1 Å². The number of ketones is 1. The molecule has 0 amide bonds. The monoisotopic (exact) mass is 261 g/mol. The fraction of sp³-hybridized carbons (Fsp3) is 0.154. The van der Waals surface area contributed by atoms with Crippen molar-refractivity contribution in [1.82, 2.24) is 0 Å². The van der Waals surface area contributed by atoms with Gasteiger partial charge in [0.1, 0.15) is 12.2 Å². The fourth-order valence-corrected chi connectivity index (χ4v) is 1.79. The number of Topliss-reactive ketones (excluding diaryl/α,β-unsaturated/α-hetero) is 1. The summed E-state index contributed by atoms with van der Waals surface area (Å²) in [5, 5.41) is 30.2. The fourth-order valence-electron chi connectivity index (χ4n) is 1.79. The summed E-state index contributed by atoms with van der Waals surface area (Å²) in [4.78, 5) is 21.5. The number of rotatable bonds is 2. The van der Waals surface area contributed by atoms with Crippen molar-refractivity contribution in [3.63, 3.8) is 0 Å². The van der Waals surface area contributed by atoms with Crippen molar-refractivity contribution in [2.45, 2.75) is 12.1 Å². The first-order chi connectivity index (χ1) is 8.94. The molecule has 0 radical (unpaired) electrons. The lowest BCUT2D eigenvalue weighted by Crippen LogP contribution is -2.40. The molecule has 1 atom stereocenters. The molecule has 1 aliphatic rings. The molecule has 0 heterocycles. The van der Waals surface area contributed by atoms with Crippen LogP contribution in [0.3, 0.4) is 0 Å². The number of nitrogens with zero attached hydrogens (tertiary/aromatic N) is 1. The van der Waals surface area contributed by atoms with Gasteiger partial charge in [-0.1, -0.05) is 30.3 Å². The molecule has 6 nitrogen and oxygen atoms in total. The zero-order chi connectivity index (χ0) is 14.0. The number of aliphatic hydroxyl groups excluding tert-OH is 1. The van der Waals surface area contributed by atoms with E-state index in [0.29, 0.717) is 5.56 Å². The van der Waals surface area contributed by atoms with Gasteiger partial charge in [0.05, 0.1) is 10.5 Å². The molecule has 0 saturated carbocycles. The first-order valence-electron chi connectivity index (χ1n) is 5.52. The Kier molecular flexibility index (Phi) is 3.18. The lowest BCUT2D eigenvalue weighted by Gasteiger charge is -2.19. The summed E-state index contributed by atoms with van der Waals surface area (Å²) < 4.78 is 0. The summed E-state index contributed by atoms with van der Waals surface area (Å²) in [6, 6.07) is 8.36. The van der Waals surface area contributed by atoms with Crippen molar-refractivity contribution in [3.8, 4) is 0 Å². The van der Waals surface area contributed by atoms with Gasteiger partial charge in [0.25, 0.3) is 0 Å². The molecule has 19 heavy (non-hydrogen) atoms. The summed E-state index contributed by atoms with van der Waals surface area (Å²) >= 11 is 0. The van der Waals surface area contributed by atoms with E-state index in [1.54, 1.807) is 30.3 Å². The van der Waals surface area contributed by atoms with Gasteiger partial charge in [0, 0.05) is 11.6 Å². The van der Waals surface area contributed by atoms with E-state index in [1.165, 1.54) is 0 Å². The van der Waals surface area contributed by atoms with Gasteiger partial charge in [-0.05, 0) is 6.08 Å². The summed E-state index contributed by atoms with van der Waals surface area (Å²) in [5.41, 5.74) is -2.00. The standard InChI is InChI=1S/C13H11NO5/c15-11-8-13(17,14(18)19)7-6-10(11)12(16)9-4-2-1-3-5-9/h1-7,16-17H,8H2. The number of allylic oxidation sites excluding steroid dienone is 2. The van der Waals surface area contributed by atoms with Crippen molar-refractivity contribution >= 4 is 11.5 Å². The van der Waals surface area contributed by atoms with Crippen LogP contribution in [0.1, 0.15) is 12.0 Å². The molecule has 0 fully saturated rings. The maximum absolute atomic E-state index is 11.8. The van der Waals surface area contributed by atoms with Gasteiger partial charge in [-0.15, -0.1) is 0 Å². The van der Waals surface area contributed by atoms with Crippen LogP contribution in [-0.4, -0.2) is 26.6 Å². The first kappa shape index (κ1) is 13.0. The molecule has 1 aliphatic carbocycles. The van der Waals surface area contributed by atoms with E-state index >= 15 is 0 Å². The van der Waals surface area contributed by atoms with Crippen LogP contribution >= 0.6 is 0 Å². The second-order valence-corrected chi connectivity index (χ2v) is 4.20. The minimum atomic E-state index is -2.39.